The van der Waals surface area contributed by atoms with Crippen molar-refractivity contribution in [3.8, 4) is 5.75 Å². The fourth-order valence-corrected chi connectivity index (χ4v) is 3.14. The van der Waals surface area contributed by atoms with Gasteiger partial charge in [0.25, 0.3) is 5.91 Å². The van der Waals surface area contributed by atoms with Gasteiger partial charge in [-0.05, 0) is 43.7 Å². The number of benzene rings is 2. The number of ether oxygens (including phenoxy) is 2. The maximum Gasteiger partial charge on any atom is 0.317 e. The van der Waals surface area contributed by atoms with E-state index >= 15 is 0 Å². The Bertz CT molecular complexity index is 797. The minimum absolute atomic E-state index is 0.128. The van der Waals surface area contributed by atoms with E-state index in [1.54, 1.807) is 18.2 Å². The van der Waals surface area contributed by atoms with Gasteiger partial charge in [-0.3, -0.25) is 9.59 Å². The summed E-state index contributed by atoms with van der Waals surface area (Å²) < 4.78 is 10.4. The molecule has 2 rings (SSSR count). The summed E-state index contributed by atoms with van der Waals surface area (Å²) in [7, 11) is 1.49. The predicted octanol–water partition coefficient (Wildman–Crippen LogP) is 4.32. The molecule has 138 valence electrons. The average Bonchev–Trinajstić information content (AvgIpc) is 2.61. The minimum atomic E-state index is -0.941. The maximum absolute atomic E-state index is 12.3. The number of anilines is 1. The average molecular weight is 394 g/mol. The Kier molecular flexibility index (Phi) is 7.36. The van der Waals surface area contributed by atoms with E-state index in [9.17, 15) is 9.59 Å². The Morgan fingerprint density at radius 3 is 2.65 bits per heavy atom. The molecule has 0 aliphatic carbocycles. The molecule has 0 aliphatic heterocycles. The fourth-order valence-electron chi connectivity index (χ4n) is 2.15. The SMILES string of the molecule is COc1ccc(Cl)cc1NC(=O)C(C)OC(=O)CSc1ccccc1C. The first kappa shape index (κ1) is 20.1. The van der Waals surface area contributed by atoms with Crippen LogP contribution in [-0.4, -0.2) is 30.8 Å². The molecule has 1 unspecified atom stereocenters. The molecule has 0 aliphatic rings. The molecule has 0 saturated heterocycles. The summed E-state index contributed by atoms with van der Waals surface area (Å²) in [5.41, 5.74) is 1.51. The molecule has 0 bridgehead atoms. The van der Waals surface area contributed by atoms with Crippen LogP contribution in [0.3, 0.4) is 0 Å². The summed E-state index contributed by atoms with van der Waals surface area (Å²) in [4.78, 5) is 25.3. The lowest BCUT2D eigenvalue weighted by Gasteiger charge is -2.15. The van der Waals surface area contributed by atoms with Crippen LogP contribution in [0.1, 0.15) is 12.5 Å². The Hall–Kier alpha value is -2.18. The number of hydrogen-bond donors (Lipinski definition) is 1. The van der Waals surface area contributed by atoms with Crippen molar-refractivity contribution in [3.05, 3.63) is 53.1 Å². The zero-order chi connectivity index (χ0) is 19.1. The molecular formula is C19H20ClNO4S. The van der Waals surface area contributed by atoms with Crippen LogP contribution in [0.4, 0.5) is 5.69 Å². The lowest BCUT2D eigenvalue weighted by Crippen LogP contribution is -2.30. The highest BCUT2D eigenvalue weighted by molar-refractivity contribution is 8.00. The molecule has 1 N–H and O–H groups in total. The van der Waals surface area contributed by atoms with Crippen LogP contribution in [-0.2, 0) is 14.3 Å². The standard InChI is InChI=1S/C19H20ClNO4S/c1-12-6-4-5-7-17(12)26-11-18(22)25-13(2)19(23)21-15-10-14(20)8-9-16(15)24-3/h4-10,13H,11H2,1-3H3,(H,21,23). The summed E-state index contributed by atoms with van der Waals surface area (Å²) in [6, 6.07) is 12.6. The molecule has 1 amide bonds. The van der Waals surface area contributed by atoms with Gasteiger partial charge in [-0.1, -0.05) is 29.8 Å². The molecule has 0 heterocycles. The van der Waals surface area contributed by atoms with Gasteiger partial charge < -0.3 is 14.8 Å². The largest absolute Gasteiger partial charge is 0.495 e. The van der Waals surface area contributed by atoms with Crippen molar-refractivity contribution in [2.45, 2.75) is 24.8 Å². The van der Waals surface area contributed by atoms with E-state index in [0.29, 0.717) is 16.5 Å². The first-order valence-electron chi connectivity index (χ1n) is 7.93. The third-order valence-electron chi connectivity index (χ3n) is 3.54. The van der Waals surface area contributed by atoms with Crippen molar-refractivity contribution in [2.75, 3.05) is 18.2 Å². The van der Waals surface area contributed by atoms with Crippen LogP contribution in [0.15, 0.2) is 47.4 Å². The van der Waals surface area contributed by atoms with Crippen molar-refractivity contribution < 1.29 is 19.1 Å². The van der Waals surface area contributed by atoms with Gasteiger partial charge in [0.2, 0.25) is 0 Å². The minimum Gasteiger partial charge on any atom is -0.495 e. The van der Waals surface area contributed by atoms with E-state index in [0.717, 1.165) is 10.5 Å². The maximum atomic E-state index is 12.3. The van der Waals surface area contributed by atoms with E-state index in [-0.39, 0.29) is 5.75 Å². The molecule has 5 nitrogen and oxygen atoms in total. The zero-order valence-corrected chi connectivity index (χ0v) is 16.3. The lowest BCUT2D eigenvalue weighted by atomic mass is 10.2. The molecular weight excluding hydrogens is 374 g/mol. The van der Waals surface area contributed by atoms with Gasteiger partial charge in [0.1, 0.15) is 5.75 Å². The lowest BCUT2D eigenvalue weighted by molar-refractivity contribution is -0.150. The summed E-state index contributed by atoms with van der Waals surface area (Å²) in [5.74, 6) is -0.321. The Morgan fingerprint density at radius 2 is 1.96 bits per heavy atom. The van der Waals surface area contributed by atoms with Crippen LogP contribution >= 0.6 is 23.4 Å². The van der Waals surface area contributed by atoms with Crippen molar-refractivity contribution in [1.82, 2.24) is 0 Å². The number of amides is 1. The number of rotatable bonds is 7. The number of thioether (sulfide) groups is 1. The van der Waals surface area contributed by atoms with E-state index < -0.39 is 18.0 Å². The summed E-state index contributed by atoms with van der Waals surface area (Å²) in [5, 5.41) is 3.12. The predicted molar refractivity (Wildman–Crippen MR) is 104 cm³/mol. The van der Waals surface area contributed by atoms with E-state index in [1.165, 1.54) is 25.8 Å². The number of carbonyl (C=O) groups excluding carboxylic acids is 2. The van der Waals surface area contributed by atoms with Gasteiger partial charge in [-0.25, -0.2) is 0 Å². The van der Waals surface area contributed by atoms with Crippen molar-refractivity contribution in [3.63, 3.8) is 0 Å². The van der Waals surface area contributed by atoms with Gasteiger partial charge in [-0.15, -0.1) is 11.8 Å². The Morgan fingerprint density at radius 1 is 1.23 bits per heavy atom. The highest BCUT2D eigenvalue weighted by Gasteiger charge is 2.19. The Balaban J connectivity index is 1.89. The van der Waals surface area contributed by atoms with E-state index in [4.69, 9.17) is 21.1 Å². The fraction of sp³-hybridized carbons (Fsp3) is 0.263. The van der Waals surface area contributed by atoms with Gasteiger partial charge in [0.05, 0.1) is 18.6 Å². The van der Waals surface area contributed by atoms with Crippen molar-refractivity contribution in [1.29, 1.82) is 0 Å². The molecule has 2 aromatic carbocycles. The first-order chi connectivity index (χ1) is 12.4. The highest BCUT2D eigenvalue weighted by atomic mass is 35.5. The third kappa shape index (κ3) is 5.68. The smallest absolute Gasteiger partial charge is 0.317 e. The summed E-state index contributed by atoms with van der Waals surface area (Å²) in [6.45, 7) is 3.49. The monoisotopic (exact) mass is 393 g/mol. The van der Waals surface area contributed by atoms with Gasteiger partial charge in [0.15, 0.2) is 6.10 Å². The number of carbonyl (C=O) groups is 2. The molecule has 0 spiro atoms. The van der Waals surface area contributed by atoms with Crippen LogP contribution in [0, 0.1) is 6.92 Å². The summed E-state index contributed by atoms with van der Waals surface area (Å²) >= 11 is 7.32. The number of halogens is 1. The third-order valence-corrected chi connectivity index (χ3v) is 4.92. The molecule has 0 radical (unpaired) electrons. The van der Waals surface area contributed by atoms with Crippen LogP contribution < -0.4 is 10.1 Å². The number of esters is 1. The van der Waals surface area contributed by atoms with E-state index in [2.05, 4.69) is 5.32 Å². The van der Waals surface area contributed by atoms with Gasteiger partial charge in [-0.2, -0.15) is 0 Å². The Labute approximate surface area is 162 Å². The molecule has 0 fully saturated rings. The molecule has 2 aromatic rings. The van der Waals surface area contributed by atoms with Crippen molar-refractivity contribution >= 4 is 40.9 Å². The highest BCUT2D eigenvalue weighted by Crippen LogP contribution is 2.28. The molecule has 0 saturated carbocycles. The molecule has 0 aromatic heterocycles. The normalized spacial score (nSPS) is 11.5. The van der Waals surface area contributed by atoms with Crippen molar-refractivity contribution in [2.24, 2.45) is 0 Å². The second kappa shape index (κ2) is 9.50. The van der Waals surface area contributed by atoms with Gasteiger partial charge in [0, 0.05) is 9.92 Å². The number of hydrogen-bond acceptors (Lipinski definition) is 5. The molecule has 1 atom stereocenters. The topological polar surface area (TPSA) is 64.6 Å². The number of aryl methyl sites for hydroxylation is 1. The second-order valence-corrected chi connectivity index (χ2v) is 6.97. The van der Waals surface area contributed by atoms with Crippen LogP contribution in [0.5, 0.6) is 5.75 Å². The summed E-state index contributed by atoms with van der Waals surface area (Å²) in [6.07, 6.45) is -0.941. The van der Waals surface area contributed by atoms with Crippen LogP contribution in [0.2, 0.25) is 5.02 Å². The zero-order valence-electron chi connectivity index (χ0n) is 14.7. The second-order valence-electron chi connectivity index (χ2n) is 5.52. The molecule has 26 heavy (non-hydrogen) atoms. The molecule has 7 heteroatoms. The van der Waals surface area contributed by atoms with Crippen LogP contribution in [0.25, 0.3) is 0 Å². The van der Waals surface area contributed by atoms with Gasteiger partial charge >= 0.3 is 5.97 Å². The number of nitrogens with one attached hydrogen (secondary N) is 1. The first-order valence-corrected chi connectivity index (χ1v) is 9.29. The number of methoxy groups -OCH3 is 1. The quantitative estimate of drug-likeness (QED) is 0.560. The van der Waals surface area contributed by atoms with E-state index in [1.807, 2.05) is 31.2 Å².